The van der Waals surface area contributed by atoms with Gasteiger partial charge in [0.15, 0.2) is 0 Å². The van der Waals surface area contributed by atoms with Gasteiger partial charge in [-0.15, -0.1) is 12.4 Å². The molecule has 0 bridgehead atoms. The van der Waals surface area contributed by atoms with Gasteiger partial charge in [0.1, 0.15) is 0 Å². The van der Waals surface area contributed by atoms with Crippen LogP contribution in [0, 0.1) is 6.92 Å². The molecule has 1 aromatic rings. The first-order chi connectivity index (χ1) is 7.58. The maximum absolute atomic E-state index is 10.7. The van der Waals surface area contributed by atoms with Crippen molar-refractivity contribution in [3.63, 3.8) is 0 Å². The molecule has 0 spiro atoms. The quantitative estimate of drug-likeness (QED) is 0.848. The molecule has 4 heteroatoms. The van der Waals surface area contributed by atoms with E-state index in [1.165, 1.54) is 11.1 Å². The van der Waals surface area contributed by atoms with Crippen LogP contribution in [0.1, 0.15) is 28.7 Å². The van der Waals surface area contributed by atoms with E-state index >= 15 is 0 Å². The van der Waals surface area contributed by atoms with E-state index in [2.05, 4.69) is 6.07 Å². The number of nitrogens with two attached hydrogens (primary N) is 1. The zero-order valence-corrected chi connectivity index (χ0v) is 10.7. The first-order valence-corrected chi connectivity index (χ1v) is 5.65. The molecular formula is C13H18ClNO2. The zero-order valence-electron chi connectivity index (χ0n) is 9.90. The van der Waals surface area contributed by atoms with Crippen molar-refractivity contribution in [1.82, 2.24) is 0 Å². The van der Waals surface area contributed by atoms with E-state index in [0.29, 0.717) is 0 Å². The lowest BCUT2D eigenvalue weighted by atomic mass is 9.84. The lowest BCUT2D eigenvalue weighted by molar-refractivity contribution is -0.136. The Hall–Kier alpha value is -1.06. The minimum absolute atomic E-state index is 0. The second kappa shape index (κ2) is 5.52. The van der Waals surface area contributed by atoms with Gasteiger partial charge >= 0.3 is 5.97 Å². The lowest BCUT2D eigenvalue weighted by Gasteiger charge is -2.24. The summed E-state index contributed by atoms with van der Waals surface area (Å²) in [5.74, 6) is -0.775. The number of halogens is 1. The second-order valence-corrected chi connectivity index (χ2v) is 4.56. The van der Waals surface area contributed by atoms with Crippen LogP contribution in [-0.4, -0.2) is 17.1 Å². The summed E-state index contributed by atoms with van der Waals surface area (Å²) in [5, 5.41) is 8.82. The summed E-state index contributed by atoms with van der Waals surface area (Å²) in [4.78, 5) is 10.7. The average Bonchev–Trinajstić information content (AvgIpc) is 2.22. The Morgan fingerprint density at radius 1 is 1.53 bits per heavy atom. The van der Waals surface area contributed by atoms with Crippen molar-refractivity contribution in [2.75, 3.05) is 0 Å². The molecule has 0 aromatic heterocycles. The van der Waals surface area contributed by atoms with Crippen molar-refractivity contribution in [2.45, 2.75) is 38.6 Å². The van der Waals surface area contributed by atoms with E-state index in [1.54, 1.807) is 0 Å². The number of carbonyl (C=O) groups is 1. The van der Waals surface area contributed by atoms with Crippen LogP contribution < -0.4 is 5.73 Å². The molecule has 1 atom stereocenters. The summed E-state index contributed by atoms with van der Waals surface area (Å²) >= 11 is 0. The highest BCUT2D eigenvalue weighted by Gasteiger charge is 2.19. The highest BCUT2D eigenvalue weighted by molar-refractivity contribution is 5.85. The van der Waals surface area contributed by atoms with Gasteiger partial charge in [0.05, 0.1) is 6.42 Å². The smallest absolute Gasteiger partial charge is 0.307 e. The highest BCUT2D eigenvalue weighted by atomic mass is 35.5. The Morgan fingerprint density at radius 2 is 2.24 bits per heavy atom. The van der Waals surface area contributed by atoms with Crippen molar-refractivity contribution in [1.29, 1.82) is 0 Å². The van der Waals surface area contributed by atoms with Gasteiger partial charge in [-0.25, -0.2) is 0 Å². The summed E-state index contributed by atoms with van der Waals surface area (Å²) in [6.07, 6.45) is 3.04. The minimum Gasteiger partial charge on any atom is -0.481 e. The molecule has 1 aliphatic carbocycles. The van der Waals surface area contributed by atoms with Crippen LogP contribution in [0.4, 0.5) is 0 Å². The maximum Gasteiger partial charge on any atom is 0.307 e. The van der Waals surface area contributed by atoms with Crippen molar-refractivity contribution in [3.8, 4) is 0 Å². The summed E-state index contributed by atoms with van der Waals surface area (Å²) in [7, 11) is 0. The standard InChI is InChI=1S/C13H17NO2.ClH/c1-8-10(6-13(15)16)3-2-9-4-5-11(14)7-12(8)9;/h2-3,11H,4-7,14H2,1H3,(H,15,16);1H. The molecule has 0 saturated heterocycles. The normalized spacial score (nSPS) is 18.1. The number of benzene rings is 1. The van der Waals surface area contributed by atoms with E-state index in [1.807, 2.05) is 13.0 Å². The van der Waals surface area contributed by atoms with E-state index in [9.17, 15) is 4.79 Å². The lowest BCUT2D eigenvalue weighted by Crippen LogP contribution is -2.28. The third kappa shape index (κ3) is 2.99. The Balaban J connectivity index is 0.00000144. The predicted molar refractivity (Wildman–Crippen MR) is 69.8 cm³/mol. The molecule has 0 fully saturated rings. The number of rotatable bonds is 2. The van der Waals surface area contributed by atoms with Crippen LogP contribution in [0.5, 0.6) is 0 Å². The summed E-state index contributed by atoms with van der Waals surface area (Å²) in [5.41, 5.74) is 10.6. The molecule has 94 valence electrons. The Morgan fingerprint density at radius 3 is 2.88 bits per heavy atom. The number of fused-ring (bicyclic) bond motifs is 1. The molecule has 0 heterocycles. The highest BCUT2D eigenvalue weighted by Crippen LogP contribution is 2.26. The van der Waals surface area contributed by atoms with Gasteiger partial charge in [0.25, 0.3) is 0 Å². The Labute approximate surface area is 107 Å². The molecule has 1 aliphatic rings. The number of hydrogen-bond acceptors (Lipinski definition) is 2. The van der Waals surface area contributed by atoms with Gasteiger partial charge in [-0.2, -0.15) is 0 Å². The topological polar surface area (TPSA) is 63.3 Å². The molecule has 3 N–H and O–H groups in total. The van der Waals surface area contributed by atoms with Gasteiger partial charge in [-0.1, -0.05) is 12.1 Å². The van der Waals surface area contributed by atoms with Gasteiger partial charge < -0.3 is 10.8 Å². The average molecular weight is 256 g/mol. The van der Waals surface area contributed by atoms with E-state index in [4.69, 9.17) is 10.8 Å². The Kier molecular flexibility index (Phi) is 4.54. The fourth-order valence-corrected chi connectivity index (χ4v) is 2.44. The van der Waals surface area contributed by atoms with Gasteiger partial charge in [-0.05, 0) is 48.4 Å². The van der Waals surface area contributed by atoms with E-state index in [0.717, 1.165) is 30.4 Å². The summed E-state index contributed by atoms with van der Waals surface area (Å²) < 4.78 is 0. The van der Waals surface area contributed by atoms with E-state index < -0.39 is 5.97 Å². The van der Waals surface area contributed by atoms with Crippen molar-refractivity contribution < 1.29 is 9.90 Å². The number of carboxylic acids is 1. The molecule has 2 rings (SSSR count). The zero-order chi connectivity index (χ0) is 11.7. The fraction of sp³-hybridized carbons (Fsp3) is 0.462. The molecule has 3 nitrogen and oxygen atoms in total. The monoisotopic (exact) mass is 255 g/mol. The minimum atomic E-state index is -0.775. The van der Waals surface area contributed by atoms with Crippen LogP contribution in [0.25, 0.3) is 0 Å². The SMILES string of the molecule is Cc1c(CC(=O)O)ccc2c1CC(N)CC2.Cl. The van der Waals surface area contributed by atoms with Crippen LogP contribution in [-0.2, 0) is 24.1 Å². The van der Waals surface area contributed by atoms with Crippen molar-refractivity contribution >= 4 is 18.4 Å². The van der Waals surface area contributed by atoms with Gasteiger partial charge in [0, 0.05) is 6.04 Å². The van der Waals surface area contributed by atoms with Crippen molar-refractivity contribution in [3.05, 3.63) is 34.4 Å². The Bertz CT molecular complexity index is 432. The third-order valence-electron chi connectivity index (χ3n) is 3.40. The van der Waals surface area contributed by atoms with Crippen LogP contribution in [0.3, 0.4) is 0 Å². The molecule has 0 saturated carbocycles. The molecule has 1 aromatic carbocycles. The molecule has 1 unspecified atom stereocenters. The largest absolute Gasteiger partial charge is 0.481 e. The van der Waals surface area contributed by atoms with Gasteiger partial charge in [-0.3, -0.25) is 4.79 Å². The number of aliphatic carboxylic acids is 1. The molecule has 17 heavy (non-hydrogen) atoms. The maximum atomic E-state index is 10.7. The summed E-state index contributed by atoms with van der Waals surface area (Å²) in [6.45, 7) is 2.01. The number of carboxylic acid groups (broad SMARTS) is 1. The van der Waals surface area contributed by atoms with Crippen molar-refractivity contribution in [2.24, 2.45) is 5.73 Å². The van der Waals surface area contributed by atoms with E-state index in [-0.39, 0.29) is 24.9 Å². The van der Waals surface area contributed by atoms with Crippen LogP contribution in [0.2, 0.25) is 0 Å². The predicted octanol–water partition coefficient (Wildman–Crippen LogP) is 1.86. The number of hydrogen-bond donors (Lipinski definition) is 2. The summed E-state index contributed by atoms with van der Waals surface area (Å²) in [6, 6.07) is 4.23. The third-order valence-corrected chi connectivity index (χ3v) is 3.40. The second-order valence-electron chi connectivity index (χ2n) is 4.56. The number of aryl methyl sites for hydroxylation is 1. The first kappa shape index (κ1) is 14.0. The molecular weight excluding hydrogens is 238 g/mol. The molecule has 0 radical (unpaired) electrons. The first-order valence-electron chi connectivity index (χ1n) is 5.65. The molecule has 0 amide bonds. The molecule has 0 aliphatic heterocycles. The van der Waals surface area contributed by atoms with Crippen LogP contribution >= 0.6 is 12.4 Å². The van der Waals surface area contributed by atoms with Gasteiger partial charge in [0.2, 0.25) is 0 Å². The van der Waals surface area contributed by atoms with Crippen LogP contribution in [0.15, 0.2) is 12.1 Å². The fourth-order valence-electron chi connectivity index (χ4n) is 2.44.